The van der Waals surface area contributed by atoms with E-state index in [0.717, 1.165) is 6.26 Å². The predicted molar refractivity (Wildman–Crippen MR) is 97.6 cm³/mol. The smallest absolute Gasteiger partial charge is 0.335 e. The minimum Gasteiger partial charge on any atom is -0.478 e. The number of benzene rings is 2. The Hall–Kier alpha value is -3.46. The van der Waals surface area contributed by atoms with Gasteiger partial charge in [0.1, 0.15) is 0 Å². The van der Waals surface area contributed by atoms with E-state index in [0.29, 0.717) is 16.9 Å². The first-order valence-electron chi connectivity index (χ1n) is 7.71. The summed E-state index contributed by atoms with van der Waals surface area (Å²) in [4.78, 5) is 22.7. The molecule has 0 aliphatic heterocycles. The van der Waals surface area contributed by atoms with Crippen molar-refractivity contribution in [2.75, 3.05) is 6.26 Å². The van der Waals surface area contributed by atoms with Crippen LogP contribution in [0.1, 0.15) is 20.8 Å². The zero-order valence-corrected chi connectivity index (χ0v) is 15.0. The van der Waals surface area contributed by atoms with Crippen LogP contribution >= 0.6 is 0 Å². The van der Waals surface area contributed by atoms with E-state index in [-0.39, 0.29) is 16.2 Å². The maximum atomic E-state index is 11.6. The van der Waals surface area contributed by atoms with Crippen LogP contribution in [0.3, 0.4) is 0 Å². The van der Waals surface area contributed by atoms with Crippen molar-refractivity contribution in [1.29, 1.82) is 0 Å². The molecule has 0 saturated carbocycles. The molecule has 0 saturated heterocycles. The fourth-order valence-electron chi connectivity index (χ4n) is 2.52. The summed E-state index contributed by atoms with van der Waals surface area (Å²) in [6.07, 6.45) is 1.11. The quantitative estimate of drug-likeness (QED) is 0.687. The third-order valence-corrected chi connectivity index (χ3v) is 5.03. The van der Waals surface area contributed by atoms with Crippen LogP contribution in [0.15, 0.2) is 59.5 Å². The fraction of sp³-hybridized carbons (Fsp3) is 0.0556. The van der Waals surface area contributed by atoms with Gasteiger partial charge >= 0.3 is 5.97 Å². The van der Waals surface area contributed by atoms with Crippen LogP contribution in [0.2, 0.25) is 0 Å². The second kappa shape index (κ2) is 6.69. The molecule has 138 valence electrons. The van der Waals surface area contributed by atoms with E-state index in [1.165, 1.54) is 35.0 Å². The van der Waals surface area contributed by atoms with Gasteiger partial charge in [0.05, 0.1) is 21.8 Å². The molecule has 0 fully saturated rings. The SMILES string of the molecule is CS(=O)(=O)c1ccc(-c2cc(C(N)=O)nn2-c2ccc(C(=O)O)cc2)cc1. The van der Waals surface area contributed by atoms with E-state index in [4.69, 9.17) is 10.8 Å². The molecule has 27 heavy (non-hydrogen) atoms. The number of amides is 1. The van der Waals surface area contributed by atoms with Gasteiger partial charge in [-0.3, -0.25) is 4.79 Å². The topological polar surface area (TPSA) is 132 Å². The van der Waals surface area contributed by atoms with Crippen molar-refractivity contribution in [3.63, 3.8) is 0 Å². The number of carboxylic acid groups (broad SMARTS) is 1. The average molecular weight is 385 g/mol. The number of primary amides is 1. The first kappa shape index (κ1) is 18.3. The van der Waals surface area contributed by atoms with E-state index < -0.39 is 21.7 Å². The summed E-state index contributed by atoms with van der Waals surface area (Å²) in [5.41, 5.74) is 7.11. The highest BCUT2D eigenvalue weighted by Crippen LogP contribution is 2.25. The number of aromatic carboxylic acids is 1. The van der Waals surface area contributed by atoms with Crippen molar-refractivity contribution < 1.29 is 23.1 Å². The number of hydrogen-bond donors (Lipinski definition) is 2. The third-order valence-electron chi connectivity index (χ3n) is 3.90. The lowest BCUT2D eigenvalue weighted by Gasteiger charge is -2.08. The molecular weight excluding hydrogens is 370 g/mol. The third kappa shape index (κ3) is 3.72. The maximum Gasteiger partial charge on any atom is 0.335 e. The number of carbonyl (C=O) groups excluding carboxylic acids is 1. The van der Waals surface area contributed by atoms with Crippen molar-refractivity contribution in [3.8, 4) is 16.9 Å². The molecule has 0 aliphatic carbocycles. The summed E-state index contributed by atoms with van der Waals surface area (Å²) in [7, 11) is -3.34. The van der Waals surface area contributed by atoms with Gasteiger partial charge < -0.3 is 10.8 Å². The molecule has 0 radical (unpaired) electrons. The molecule has 1 amide bonds. The Balaban J connectivity index is 2.12. The van der Waals surface area contributed by atoms with Crippen molar-refractivity contribution in [3.05, 3.63) is 65.9 Å². The van der Waals surface area contributed by atoms with Crippen molar-refractivity contribution >= 4 is 21.7 Å². The Labute approximate surface area is 154 Å². The van der Waals surface area contributed by atoms with Crippen LogP contribution < -0.4 is 5.73 Å². The van der Waals surface area contributed by atoms with Crippen LogP contribution in [0, 0.1) is 0 Å². The summed E-state index contributed by atoms with van der Waals surface area (Å²) in [6, 6.07) is 13.5. The molecule has 3 N–H and O–H groups in total. The van der Waals surface area contributed by atoms with E-state index in [9.17, 15) is 18.0 Å². The summed E-state index contributed by atoms with van der Waals surface area (Å²) in [6.45, 7) is 0. The van der Waals surface area contributed by atoms with Crippen LogP contribution in [-0.2, 0) is 9.84 Å². The van der Waals surface area contributed by atoms with Gasteiger partial charge in [0.15, 0.2) is 15.5 Å². The number of nitrogens with two attached hydrogens (primary N) is 1. The van der Waals surface area contributed by atoms with Crippen LogP contribution in [0.5, 0.6) is 0 Å². The highest BCUT2D eigenvalue weighted by molar-refractivity contribution is 7.90. The summed E-state index contributed by atoms with van der Waals surface area (Å²) in [5, 5.41) is 13.2. The zero-order valence-electron chi connectivity index (χ0n) is 14.2. The summed E-state index contributed by atoms with van der Waals surface area (Å²) >= 11 is 0. The zero-order chi connectivity index (χ0) is 19.8. The predicted octanol–water partition coefficient (Wildman–Crippen LogP) is 1.74. The first-order valence-corrected chi connectivity index (χ1v) is 9.60. The molecule has 3 aromatic rings. The van der Waals surface area contributed by atoms with E-state index in [1.807, 2.05) is 0 Å². The van der Waals surface area contributed by atoms with Gasteiger partial charge in [0.25, 0.3) is 5.91 Å². The molecule has 0 atom stereocenters. The lowest BCUT2D eigenvalue weighted by Crippen LogP contribution is -2.12. The number of nitrogens with zero attached hydrogens (tertiary/aromatic N) is 2. The van der Waals surface area contributed by atoms with E-state index >= 15 is 0 Å². The molecule has 0 unspecified atom stereocenters. The van der Waals surface area contributed by atoms with Gasteiger partial charge in [0.2, 0.25) is 0 Å². The van der Waals surface area contributed by atoms with Gasteiger partial charge in [-0.25, -0.2) is 17.9 Å². The molecule has 3 rings (SSSR count). The number of hydrogen-bond acceptors (Lipinski definition) is 5. The molecule has 8 nitrogen and oxygen atoms in total. The normalized spacial score (nSPS) is 11.3. The number of carbonyl (C=O) groups is 2. The molecule has 0 aliphatic rings. The number of rotatable bonds is 5. The van der Waals surface area contributed by atoms with Gasteiger partial charge in [-0.05, 0) is 42.5 Å². The largest absolute Gasteiger partial charge is 0.478 e. The number of aromatic nitrogens is 2. The Morgan fingerprint density at radius 1 is 1.04 bits per heavy atom. The highest BCUT2D eigenvalue weighted by atomic mass is 32.2. The molecule has 1 heterocycles. The van der Waals surface area contributed by atoms with Gasteiger partial charge in [-0.1, -0.05) is 12.1 Å². The minimum absolute atomic E-state index is 0.0273. The van der Waals surface area contributed by atoms with Crippen LogP contribution in [0.4, 0.5) is 0 Å². The average Bonchev–Trinajstić information content (AvgIpc) is 3.07. The van der Waals surface area contributed by atoms with Gasteiger partial charge in [-0.15, -0.1) is 0 Å². The molecular formula is C18H15N3O5S. The van der Waals surface area contributed by atoms with Gasteiger partial charge in [-0.2, -0.15) is 5.10 Å². The van der Waals surface area contributed by atoms with Crippen molar-refractivity contribution in [2.45, 2.75) is 4.90 Å². The molecule has 2 aromatic carbocycles. The first-order chi connectivity index (χ1) is 12.7. The second-order valence-electron chi connectivity index (χ2n) is 5.84. The number of carboxylic acids is 1. The van der Waals surface area contributed by atoms with Gasteiger partial charge in [0, 0.05) is 11.8 Å². The van der Waals surface area contributed by atoms with Crippen LogP contribution in [0.25, 0.3) is 16.9 Å². The molecule has 0 bridgehead atoms. The highest BCUT2D eigenvalue weighted by Gasteiger charge is 2.16. The lowest BCUT2D eigenvalue weighted by molar-refractivity contribution is 0.0696. The molecule has 1 aromatic heterocycles. The Morgan fingerprint density at radius 2 is 1.63 bits per heavy atom. The molecule has 9 heteroatoms. The maximum absolute atomic E-state index is 11.6. The van der Waals surface area contributed by atoms with E-state index in [2.05, 4.69) is 5.10 Å². The Kier molecular flexibility index (Phi) is 4.54. The van der Waals surface area contributed by atoms with Crippen LogP contribution in [-0.4, -0.2) is 41.4 Å². The standard InChI is InChI=1S/C18H15N3O5S/c1-27(25,26)14-8-4-11(5-9-14)16-10-15(17(19)22)20-21(16)13-6-2-12(3-7-13)18(23)24/h2-10H,1H3,(H2,19,22)(H,23,24). The summed E-state index contributed by atoms with van der Waals surface area (Å²) < 4.78 is 24.7. The van der Waals surface area contributed by atoms with Crippen molar-refractivity contribution in [1.82, 2.24) is 9.78 Å². The summed E-state index contributed by atoms with van der Waals surface area (Å²) in [5.74, 6) is -1.78. The number of sulfone groups is 1. The second-order valence-corrected chi connectivity index (χ2v) is 7.86. The van der Waals surface area contributed by atoms with E-state index in [1.54, 1.807) is 24.3 Å². The molecule has 0 spiro atoms. The fourth-order valence-corrected chi connectivity index (χ4v) is 3.15. The van der Waals surface area contributed by atoms with Crippen molar-refractivity contribution in [2.24, 2.45) is 5.73 Å². The monoisotopic (exact) mass is 385 g/mol. The minimum atomic E-state index is -3.34. The lowest BCUT2D eigenvalue weighted by atomic mass is 10.1. The Bertz CT molecular complexity index is 1130. The Morgan fingerprint density at radius 3 is 2.11 bits per heavy atom.